The smallest absolute Gasteiger partial charge is 0.280 e. The molecule has 0 aliphatic carbocycles. The Hall–Kier alpha value is -1.93. The first-order chi connectivity index (χ1) is 10.1. The van der Waals surface area contributed by atoms with Gasteiger partial charge in [-0.2, -0.15) is 4.98 Å². The van der Waals surface area contributed by atoms with Gasteiger partial charge in [0.05, 0.1) is 12.4 Å². The average molecular weight is 293 g/mol. The highest BCUT2D eigenvalue weighted by Gasteiger charge is 2.35. The normalized spacial score (nSPS) is 25.7. The number of methoxy groups -OCH3 is 1. The quantitative estimate of drug-likeness (QED) is 0.857. The molecule has 2 aromatic rings. The van der Waals surface area contributed by atoms with Crippen LogP contribution in [0.25, 0.3) is 11.2 Å². The first kappa shape index (κ1) is 14.0. The van der Waals surface area contributed by atoms with E-state index in [1.54, 1.807) is 18.0 Å². The van der Waals surface area contributed by atoms with Crippen LogP contribution in [-0.2, 0) is 9.47 Å². The second-order valence-electron chi connectivity index (χ2n) is 5.39. The molecule has 0 bridgehead atoms. The Balaban J connectivity index is 2.00. The highest BCUT2D eigenvalue weighted by Crippen LogP contribution is 2.37. The topological polar surface area (TPSA) is 108 Å². The summed E-state index contributed by atoms with van der Waals surface area (Å²) in [6.45, 7) is 2.70. The maximum absolute atomic E-state index is 11.8. The number of hydrogen-bond donors (Lipinski definition) is 2. The van der Waals surface area contributed by atoms with E-state index in [1.807, 2.05) is 6.92 Å². The van der Waals surface area contributed by atoms with Crippen molar-refractivity contribution in [2.24, 2.45) is 5.92 Å². The molecule has 0 saturated carbocycles. The minimum atomic E-state index is -0.337. The third-order valence-electron chi connectivity index (χ3n) is 3.83. The van der Waals surface area contributed by atoms with Gasteiger partial charge in [0.1, 0.15) is 6.23 Å². The molecule has 8 nitrogen and oxygen atoms in total. The second kappa shape index (κ2) is 5.45. The van der Waals surface area contributed by atoms with Gasteiger partial charge in [-0.15, -0.1) is 0 Å². The maximum Gasteiger partial charge on any atom is 0.280 e. The number of aromatic amines is 1. The van der Waals surface area contributed by atoms with Crippen molar-refractivity contribution in [3.8, 4) is 0 Å². The van der Waals surface area contributed by atoms with Crippen LogP contribution in [0.3, 0.4) is 0 Å². The molecule has 1 saturated heterocycles. The Morgan fingerprint density at radius 3 is 3.19 bits per heavy atom. The lowest BCUT2D eigenvalue weighted by atomic mass is 10.00. The van der Waals surface area contributed by atoms with Gasteiger partial charge in [0, 0.05) is 19.6 Å². The number of hydrogen-bond acceptors (Lipinski definition) is 6. The van der Waals surface area contributed by atoms with Crippen LogP contribution in [0.5, 0.6) is 0 Å². The number of H-pyrrole nitrogens is 1. The molecule has 2 unspecified atom stereocenters. The molecule has 1 fully saturated rings. The fraction of sp³-hybridized carbons (Fsp3) is 0.615. The molecule has 1 aliphatic rings. The minimum absolute atomic E-state index is 0.0775. The zero-order chi connectivity index (χ0) is 15.0. The number of fused-ring (bicyclic) bond motifs is 1. The summed E-state index contributed by atoms with van der Waals surface area (Å²) in [5.41, 5.74) is 6.02. The SMILES string of the molecule is COCC[C@H]1CC(C)OC1n1cnc2c(=O)[nH]c(N)nc21. The van der Waals surface area contributed by atoms with Crippen molar-refractivity contribution in [1.29, 1.82) is 0 Å². The lowest BCUT2D eigenvalue weighted by Crippen LogP contribution is -2.18. The van der Waals surface area contributed by atoms with Gasteiger partial charge >= 0.3 is 0 Å². The summed E-state index contributed by atoms with van der Waals surface area (Å²) in [5, 5.41) is 0. The van der Waals surface area contributed by atoms with Gasteiger partial charge in [0.2, 0.25) is 5.95 Å². The molecule has 3 heterocycles. The fourth-order valence-electron chi connectivity index (χ4n) is 2.90. The van der Waals surface area contributed by atoms with Gasteiger partial charge in [0.15, 0.2) is 11.2 Å². The van der Waals surface area contributed by atoms with Gasteiger partial charge in [-0.1, -0.05) is 0 Å². The number of nitrogens with one attached hydrogen (secondary N) is 1. The van der Waals surface area contributed by atoms with E-state index < -0.39 is 0 Å². The van der Waals surface area contributed by atoms with Crippen LogP contribution >= 0.6 is 0 Å². The molecule has 8 heteroatoms. The number of nitrogens with two attached hydrogens (primary N) is 1. The van der Waals surface area contributed by atoms with Gasteiger partial charge in [0.25, 0.3) is 5.56 Å². The van der Waals surface area contributed by atoms with Crippen molar-refractivity contribution in [1.82, 2.24) is 19.5 Å². The van der Waals surface area contributed by atoms with E-state index in [4.69, 9.17) is 15.2 Å². The Morgan fingerprint density at radius 2 is 2.43 bits per heavy atom. The van der Waals surface area contributed by atoms with Gasteiger partial charge in [-0.05, 0) is 19.8 Å². The molecule has 114 valence electrons. The molecule has 3 rings (SSSR count). The molecule has 0 aromatic carbocycles. The zero-order valence-corrected chi connectivity index (χ0v) is 12.1. The monoisotopic (exact) mass is 293 g/mol. The highest BCUT2D eigenvalue weighted by molar-refractivity contribution is 5.70. The first-order valence-corrected chi connectivity index (χ1v) is 6.97. The fourth-order valence-corrected chi connectivity index (χ4v) is 2.90. The molecule has 0 radical (unpaired) electrons. The van der Waals surface area contributed by atoms with Crippen molar-refractivity contribution < 1.29 is 9.47 Å². The number of nitrogens with zero attached hydrogens (tertiary/aromatic N) is 3. The predicted molar refractivity (Wildman–Crippen MR) is 76.7 cm³/mol. The molecule has 1 aliphatic heterocycles. The largest absolute Gasteiger partial charge is 0.385 e. The van der Waals surface area contributed by atoms with Gasteiger partial charge in [-0.3, -0.25) is 14.3 Å². The van der Waals surface area contributed by atoms with Gasteiger partial charge in [-0.25, -0.2) is 4.98 Å². The summed E-state index contributed by atoms with van der Waals surface area (Å²) in [7, 11) is 1.68. The molecule has 3 atom stereocenters. The van der Waals surface area contributed by atoms with E-state index in [0.717, 1.165) is 12.8 Å². The molecule has 21 heavy (non-hydrogen) atoms. The number of aromatic nitrogens is 4. The molecule has 2 aromatic heterocycles. The lowest BCUT2D eigenvalue weighted by Gasteiger charge is -2.19. The molecule has 3 N–H and O–H groups in total. The second-order valence-corrected chi connectivity index (χ2v) is 5.39. The van der Waals surface area contributed by atoms with E-state index in [9.17, 15) is 4.79 Å². The summed E-state index contributed by atoms with van der Waals surface area (Å²) in [4.78, 5) is 22.6. The summed E-state index contributed by atoms with van der Waals surface area (Å²) < 4.78 is 12.9. The number of anilines is 1. The van der Waals surface area contributed by atoms with E-state index in [1.165, 1.54) is 0 Å². The number of ether oxygens (including phenoxy) is 2. The van der Waals surface area contributed by atoms with Crippen LogP contribution in [0.4, 0.5) is 5.95 Å². The van der Waals surface area contributed by atoms with Crippen LogP contribution in [-0.4, -0.2) is 39.3 Å². The third kappa shape index (κ3) is 2.52. The number of imidazole rings is 1. The standard InChI is InChI=1S/C13H19N5O3/c1-7-5-8(3-4-20-2)12(21-7)18-6-15-9-10(18)16-13(14)17-11(9)19/h6-8,12H,3-5H2,1-2H3,(H3,14,16,17,19)/t7?,8-,12?/m0/s1. The minimum Gasteiger partial charge on any atom is -0.385 e. The van der Waals surface area contributed by atoms with E-state index in [-0.39, 0.29) is 29.4 Å². The number of rotatable bonds is 4. The highest BCUT2D eigenvalue weighted by atomic mass is 16.5. The van der Waals surface area contributed by atoms with E-state index in [2.05, 4.69) is 15.0 Å². The van der Waals surface area contributed by atoms with Crippen molar-refractivity contribution >= 4 is 17.1 Å². The van der Waals surface area contributed by atoms with Crippen molar-refractivity contribution in [2.75, 3.05) is 19.5 Å². The van der Waals surface area contributed by atoms with Gasteiger partial charge < -0.3 is 15.2 Å². The third-order valence-corrected chi connectivity index (χ3v) is 3.83. The predicted octanol–water partition coefficient (Wildman–Crippen LogP) is 0.662. The Labute approximate surface area is 121 Å². The summed E-state index contributed by atoms with van der Waals surface area (Å²) in [6.07, 6.45) is 3.35. The summed E-state index contributed by atoms with van der Waals surface area (Å²) in [5.74, 6) is 0.369. The van der Waals surface area contributed by atoms with Crippen LogP contribution in [0, 0.1) is 5.92 Å². The summed E-state index contributed by atoms with van der Waals surface area (Å²) in [6, 6.07) is 0. The summed E-state index contributed by atoms with van der Waals surface area (Å²) >= 11 is 0. The van der Waals surface area contributed by atoms with Crippen LogP contribution in [0.2, 0.25) is 0 Å². The van der Waals surface area contributed by atoms with Crippen molar-refractivity contribution in [3.05, 3.63) is 16.7 Å². The molecular formula is C13H19N5O3. The maximum atomic E-state index is 11.8. The Bertz CT molecular complexity index is 695. The number of nitrogen functional groups attached to an aromatic ring is 1. The first-order valence-electron chi connectivity index (χ1n) is 6.97. The van der Waals surface area contributed by atoms with E-state index in [0.29, 0.717) is 18.2 Å². The van der Waals surface area contributed by atoms with Crippen LogP contribution in [0.15, 0.2) is 11.1 Å². The lowest BCUT2D eigenvalue weighted by molar-refractivity contribution is -0.00720. The van der Waals surface area contributed by atoms with Crippen molar-refractivity contribution in [2.45, 2.75) is 32.1 Å². The van der Waals surface area contributed by atoms with Crippen molar-refractivity contribution in [3.63, 3.8) is 0 Å². The molecule has 0 spiro atoms. The average Bonchev–Trinajstić information content (AvgIpc) is 2.99. The zero-order valence-electron chi connectivity index (χ0n) is 12.1. The van der Waals surface area contributed by atoms with Crippen LogP contribution in [0.1, 0.15) is 26.0 Å². The Kier molecular flexibility index (Phi) is 3.64. The molecule has 0 amide bonds. The Morgan fingerprint density at radius 1 is 1.62 bits per heavy atom. The van der Waals surface area contributed by atoms with Crippen LogP contribution < -0.4 is 11.3 Å². The molecular weight excluding hydrogens is 274 g/mol. The van der Waals surface area contributed by atoms with E-state index >= 15 is 0 Å².